The maximum absolute atomic E-state index is 5.39. The van der Waals surface area contributed by atoms with Crippen LogP contribution < -0.4 is 4.90 Å². The summed E-state index contributed by atoms with van der Waals surface area (Å²) in [6.45, 7) is 3.41. The number of halogens is 1. The van der Waals surface area contributed by atoms with E-state index in [2.05, 4.69) is 63.9 Å². The summed E-state index contributed by atoms with van der Waals surface area (Å²) in [5, 5.41) is 0. The first-order valence-electron chi connectivity index (χ1n) is 6.39. The Balaban J connectivity index is 1.96. The molecular weight excluding hydrogens is 351 g/mol. The van der Waals surface area contributed by atoms with Crippen LogP contribution in [-0.2, 0) is 4.74 Å². The second-order valence-electron chi connectivity index (χ2n) is 4.47. The molecule has 0 aliphatic carbocycles. The second-order valence-corrected chi connectivity index (χ2v) is 5.63. The van der Waals surface area contributed by atoms with Gasteiger partial charge in [-0.2, -0.15) is 0 Å². The molecule has 0 unspecified atom stereocenters. The van der Waals surface area contributed by atoms with Gasteiger partial charge in [0.25, 0.3) is 0 Å². The van der Waals surface area contributed by atoms with Gasteiger partial charge in [0.15, 0.2) is 0 Å². The second kappa shape index (κ2) is 5.88. The van der Waals surface area contributed by atoms with Gasteiger partial charge in [0.2, 0.25) is 0 Å². The van der Waals surface area contributed by atoms with E-state index in [4.69, 9.17) is 9.72 Å². The van der Waals surface area contributed by atoms with Crippen molar-refractivity contribution in [3.8, 4) is 11.3 Å². The number of rotatable bonds is 2. The van der Waals surface area contributed by atoms with E-state index >= 15 is 0 Å². The maximum Gasteiger partial charge on any atom is 0.129 e. The predicted molar refractivity (Wildman–Crippen MR) is 85.4 cm³/mol. The molecule has 1 aromatic carbocycles. The van der Waals surface area contributed by atoms with Crippen LogP contribution >= 0.6 is 22.6 Å². The lowest BCUT2D eigenvalue weighted by Crippen LogP contribution is -2.36. The van der Waals surface area contributed by atoms with E-state index in [9.17, 15) is 0 Å². The van der Waals surface area contributed by atoms with Crippen molar-refractivity contribution in [3.63, 3.8) is 0 Å². The van der Waals surface area contributed by atoms with Crippen LogP contribution in [-0.4, -0.2) is 31.3 Å². The summed E-state index contributed by atoms with van der Waals surface area (Å²) in [6, 6.07) is 14.6. The Morgan fingerprint density at radius 1 is 1.00 bits per heavy atom. The summed E-state index contributed by atoms with van der Waals surface area (Å²) < 4.78 is 6.57. The smallest absolute Gasteiger partial charge is 0.129 e. The van der Waals surface area contributed by atoms with Crippen LogP contribution in [0.15, 0.2) is 42.5 Å². The fourth-order valence-corrected chi connectivity index (χ4v) is 2.81. The van der Waals surface area contributed by atoms with Crippen molar-refractivity contribution in [1.82, 2.24) is 4.98 Å². The van der Waals surface area contributed by atoms with Gasteiger partial charge in [-0.15, -0.1) is 0 Å². The predicted octanol–water partition coefficient (Wildman–Crippen LogP) is 3.19. The Kier molecular flexibility index (Phi) is 3.98. The minimum Gasteiger partial charge on any atom is -0.378 e. The third kappa shape index (κ3) is 2.90. The Morgan fingerprint density at radius 2 is 1.74 bits per heavy atom. The van der Waals surface area contributed by atoms with E-state index in [0.29, 0.717) is 0 Å². The third-order valence-electron chi connectivity index (χ3n) is 3.21. The highest BCUT2D eigenvalue weighted by atomic mass is 127. The van der Waals surface area contributed by atoms with Gasteiger partial charge in [-0.25, -0.2) is 4.98 Å². The zero-order chi connectivity index (χ0) is 13.1. The van der Waals surface area contributed by atoms with Gasteiger partial charge in [-0.1, -0.05) is 30.3 Å². The quantitative estimate of drug-likeness (QED) is 0.764. The molecule has 0 amide bonds. The molecule has 3 rings (SSSR count). The Labute approximate surface area is 126 Å². The standard InChI is InChI=1S/C15H15IN2O/c16-13-6-7-14(18-8-10-19-11-9-18)17-15(13)12-4-2-1-3-5-12/h1-7H,8-11H2. The number of morpholine rings is 1. The van der Waals surface area contributed by atoms with Gasteiger partial charge in [0.1, 0.15) is 5.82 Å². The normalized spacial score (nSPS) is 15.5. The van der Waals surface area contributed by atoms with Crippen LogP contribution in [0, 0.1) is 3.57 Å². The summed E-state index contributed by atoms with van der Waals surface area (Å²) in [6.07, 6.45) is 0. The molecule has 0 N–H and O–H groups in total. The molecule has 1 aromatic heterocycles. The largest absolute Gasteiger partial charge is 0.378 e. The molecule has 1 saturated heterocycles. The van der Waals surface area contributed by atoms with Gasteiger partial charge in [-0.3, -0.25) is 0 Å². The van der Waals surface area contributed by atoms with Crippen LogP contribution in [0.3, 0.4) is 0 Å². The molecule has 1 aliphatic heterocycles. The molecule has 0 atom stereocenters. The van der Waals surface area contributed by atoms with E-state index in [0.717, 1.165) is 37.8 Å². The Morgan fingerprint density at radius 3 is 2.47 bits per heavy atom. The SMILES string of the molecule is Ic1ccc(N2CCOCC2)nc1-c1ccccc1. The molecule has 3 nitrogen and oxygen atoms in total. The van der Waals surface area contributed by atoms with Crippen LogP contribution in [0.25, 0.3) is 11.3 Å². The van der Waals surface area contributed by atoms with E-state index in [1.807, 2.05) is 6.07 Å². The van der Waals surface area contributed by atoms with E-state index in [1.54, 1.807) is 0 Å². The van der Waals surface area contributed by atoms with Crippen LogP contribution in [0.5, 0.6) is 0 Å². The fourth-order valence-electron chi connectivity index (χ4n) is 2.20. The highest BCUT2D eigenvalue weighted by molar-refractivity contribution is 14.1. The van der Waals surface area contributed by atoms with Crippen molar-refractivity contribution in [2.75, 3.05) is 31.2 Å². The molecule has 0 spiro atoms. The highest BCUT2D eigenvalue weighted by Gasteiger charge is 2.14. The van der Waals surface area contributed by atoms with Crippen molar-refractivity contribution in [2.45, 2.75) is 0 Å². The summed E-state index contributed by atoms with van der Waals surface area (Å²) in [5.74, 6) is 1.04. The minimum absolute atomic E-state index is 0.786. The monoisotopic (exact) mass is 366 g/mol. The van der Waals surface area contributed by atoms with Gasteiger partial charge >= 0.3 is 0 Å². The lowest BCUT2D eigenvalue weighted by Gasteiger charge is -2.28. The number of aromatic nitrogens is 1. The summed E-state index contributed by atoms with van der Waals surface area (Å²) in [4.78, 5) is 7.11. The topological polar surface area (TPSA) is 25.4 Å². The molecule has 1 aliphatic rings. The summed E-state index contributed by atoms with van der Waals surface area (Å²) in [5.41, 5.74) is 2.23. The zero-order valence-corrected chi connectivity index (χ0v) is 12.7. The molecule has 4 heteroatoms. The van der Waals surface area contributed by atoms with Gasteiger partial charge in [0.05, 0.1) is 18.9 Å². The van der Waals surface area contributed by atoms with Crippen molar-refractivity contribution >= 4 is 28.4 Å². The van der Waals surface area contributed by atoms with Crippen LogP contribution in [0.2, 0.25) is 0 Å². The molecule has 0 bridgehead atoms. The number of hydrogen-bond acceptors (Lipinski definition) is 3. The van der Waals surface area contributed by atoms with Gasteiger partial charge in [-0.05, 0) is 34.7 Å². The fraction of sp³-hybridized carbons (Fsp3) is 0.267. The van der Waals surface area contributed by atoms with Crippen molar-refractivity contribution in [2.24, 2.45) is 0 Å². The minimum atomic E-state index is 0.786. The van der Waals surface area contributed by atoms with E-state index < -0.39 is 0 Å². The molecule has 2 heterocycles. The van der Waals surface area contributed by atoms with E-state index in [-0.39, 0.29) is 0 Å². The first-order chi connectivity index (χ1) is 9.34. The van der Waals surface area contributed by atoms with Crippen LogP contribution in [0.4, 0.5) is 5.82 Å². The number of pyridine rings is 1. The van der Waals surface area contributed by atoms with Crippen LogP contribution in [0.1, 0.15) is 0 Å². The molecule has 19 heavy (non-hydrogen) atoms. The number of anilines is 1. The Bertz CT molecular complexity index is 553. The molecule has 0 radical (unpaired) electrons. The van der Waals surface area contributed by atoms with Crippen molar-refractivity contribution < 1.29 is 4.74 Å². The first-order valence-corrected chi connectivity index (χ1v) is 7.47. The van der Waals surface area contributed by atoms with E-state index in [1.165, 1.54) is 9.13 Å². The number of nitrogens with zero attached hydrogens (tertiary/aromatic N) is 2. The molecular formula is C15H15IN2O. The molecule has 1 fully saturated rings. The lowest BCUT2D eigenvalue weighted by molar-refractivity contribution is 0.122. The van der Waals surface area contributed by atoms with Crippen molar-refractivity contribution in [1.29, 1.82) is 0 Å². The van der Waals surface area contributed by atoms with Gasteiger partial charge in [0, 0.05) is 22.2 Å². The average molecular weight is 366 g/mol. The number of ether oxygens (including phenoxy) is 1. The third-order valence-corrected chi connectivity index (χ3v) is 4.08. The average Bonchev–Trinajstić information content (AvgIpc) is 2.49. The first kappa shape index (κ1) is 12.9. The maximum atomic E-state index is 5.39. The summed E-state index contributed by atoms with van der Waals surface area (Å²) in [7, 11) is 0. The lowest BCUT2D eigenvalue weighted by atomic mass is 10.1. The van der Waals surface area contributed by atoms with Crippen molar-refractivity contribution in [3.05, 3.63) is 46.0 Å². The zero-order valence-electron chi connectivity index (χ0n) is 10.6. The highest BCUT2D eigenvalue weighted by Crippen LogP contribution is 2.26. The number of benzene rings is 1. The summed E-state index contributed by atoms with van der Waals surface area (Å²) >= 11 is 2.35. The molecule has 2 aromatic rings. The Hall–Kier alpha value is -1.14. The molecule has 98 valence electrons. The number of hydrogen-bond donors (Lipinski definition) is 0. The van der Waals surface area contributed by atoms with Gasteiger partial charge < -0.3 is 9.64 Å². The molecule has 0 saturated carbocycles.